The van der Waals surface area contributed by atoms with Crippen LogP contribution in [0.3, 0.4) is 0 Å². The first-order valence-electron chi connectivity index (χ1n) is 6.57. The Morgan fingerprint density at radius 2 is 2.00 bits per heavy atom. The minimum Gasteiger partial charge on any atom is -0.502 e. The van der Waals surface area contributed by atoms with E-state index < -0.39 is 22.3 Å². The van der Waals surface area contributed by atoms with Gasteiger partial charge >= 0.3 is 5.69 Å². The number of nitro groups is 1. The number of hydrogen-bond acceptors (Lipinski definition) is 5. The molecule has 0 bridgehead atoms. The average Bonchev–Trinajstić information content (AvgIpc) is 2.55. The van der Waals surface area contributed by atoms with Gasteiger partial charge in [0.05, 0.1) is 4.92 Å². The van der Waals surface area contributed by atoms with Gasteiger partial charge in [-0.3, -0.25) is 14.9 Å². The third kappa shape index (κ3) is 3.97. The number of carbonyl (C=O) groups is 1. The molecule has 0 saturated heterocycles. The Hall–Kier alpha value is -3.18. The molecule has 1 amide bonds. The summed E-state index contributed by atoms with van der Waals surface area (Å²) in [4.78, 5) is 22.3. The van der Waals surface area contributed by atoms with Crippen LogP contribution >= 0.6 is 15.9 Å². The van der Waals surface area contributed by atoms with Crippen molar-refractivity contribution >= 4 is 39.3 Å². The summed E-state index contributed by atoms with van der Waals surface area (Å²) in [6.07, 6.45) is 1.09. The molecule has 2 N–H and O–H groups in total. The third-order valence-corrected chi connectivity index (χ3v) is 3.44. The number of halogens is 1. The summed E-state index contributed by atoms with van der Waals surface area (Å²) in [6, 6.07) is 12.7. The van der Waals surface area contributed by atoms with Crippen molar-refractivity contribution in [2.45, 2.75) is 0 Å². The Balaban J connectivity index is 2.39. The van der Waals surface area contributed by atoms with E-state index in [1.165, 1.54) is 6.07 Å². The summed E-state index contributed by atoms with van der Waals surface area (Å²) in [7, 11) is 0. The molecule has 0 atom stereocenters. The lowest BCUT2D eigenvalue weighted by atomic mass is 10.1. The predicted molar refractivity (Wildman–Crippen MR) is 91.1 cm³/mol. The number of phenolic OH excluding ortho intramolecular Hbond substituents is 1. The van der Waals surface area contributed by atoms with Gasteiger partial charge in [-0.05, 0) is 24.3 Å². The maximum Gasteiger partial charge on any atom is 0.312 e. The Morgan fingerprint density at radius 3 is 2.58 bits per heavy atom. The Bertz CT molecular complexity index is 873. The van der Waals surface area contributed by atoms with Gasteiger partial charge in [-0.2, -0.15) is 5.26 Å². The number of nitrogens with one attached hydrogen (secondary N) is 1. The van der Waals surface area contributed by atoms with Gasteiger partial charge in [0.25, 0.3) is 5.91 Å². The number of hydrogen-bond donors (Lipinski definition) is 2. The molecule has 0 aromatic heterocycles. The molecule has 0 aliphatic heterocycles. The van der Waals surface area contributed by atoms with E-state index in [2.05, 4.69) is 21.2 Å². The number of aromatic hydroxyl groups is 1. The van der Waals surface area contributed by atoms with Crippen LogP contribution in [0.5, 0.6) is 5.75 Å². The molecular weight excluding hydrogens is 378 g/mol. The van der Waals surface area contributed by atoms with Crippen LogP contribution in [0.15, 0.2) is 52.5 Å². The van der Waals surface area contributed by atoms with Gasteiger partial charge in [-0.1, -0.05) is 34.1 Å². The monoisotopic (exact) mass is 387 g/mol. The van der Waals surface area contributed by atoms with Gasteiger partial charge < -0.3 is 10.4 Å². The van der Waals surface area contributed by atoms with E-state index in [-0.39, 0.29) is 11.1 Å². The van der Waals surface area contributed by atoms with Crippen molar-refractivity contribution in [1.82, 2.24) is 0 Å². The van der Waals surface area contributed by atoms with E-state index >= 15 is 0 Å². The number of nitrogens with zero attached hydrogens (tertiary/aromatic N) is 2. The SMILES string of the molecule is N#CC(=Cc1cc(Br)cc([N+](=O)[O-])c1O)C(=O)Nc1ccccc1. The lowest BCUT2D eigenvalue weighted by Crippen LogP contribution is -2.13. The highest BCUT2D eigenvalue weighted by molar-refractivity contribution is 9.10. The van der Waals surface area contributed by atoms with Crippen LogP contribution in [0.1, 0.15) is 5.56 Å². The first-order chi connectivity index (χ1) is 11.4. The van der Waals surface area contributed by atoms with E-state index in [0.717, 1.165) is 12.1 Å². The topological polar surface area (TPSA) is 116 Å². The van der Waals surface area contributed by atoms with Crippen molar-refractivity contribution < 1.29 is 14.8 Å². The fourth-order valence-corrected chi connectivity index (χ4v) is 2.34. The zero-order valence-electron chi connectivity index (χ0n) is 12.1. The molecule has 8 heteroatoms. The number of carbonyl (C=O) groups excluding carboxylic acids is 1. The van der Waals surface area contributed by atoms with Crippen LogP contribution in [0, 0.1) is 21.4 Å². The molecule has 0 aliphatic rings. The van der Waals surface area contributed by atoms with E-state index in [1.54, 1.807) is 36.4 Å². The van der Waals surface area contributed by atoms with E-state index in [0.29, 0.717) is 10.2 Å². The molecule has 0 spiro atoms. The molecule has 0 aliphatic carbocycles. The van der Waals surface area contributed by atoms with Crippen molar-refractivity contribution in [2.24, 2.45) is 0 Å². The molecule has 0 unspecified atom stereocenters. The highest BCUT2D eigenvalue weighted by atomic mass is 79.9. The highest BCUT2D eigenvalue weighted by Gasteiger charge is 2.19. The first-order valence-corrected chi connectivity index (χ1v) is 7.36. The van der Waals surface area contributed by atoms with Gasteiger partial charge in [0.1, 0.15) is 11.6 Å². The number of amides is 1. The second-order valence-corrected chi connectivity index (χ2v) is 5.53. The number of benzene rings is 2. The fourth-order valence-electron chi connectivity index (χ4n) is 1.88. The number of phenols is 1. The Kier molecular flexibility index (Phi) is 5.29. The van der Waals surface area contributed by atoms with E-state index in [4.69, 9.17) is 5.26 Å². The summed E-state index contributed by atoms with van der Waals surface area (Å²) in [5.74, 6) is -1.31. The summed E-state index contributed by atoms with van der Waals surface area (Å²) >= 11 is 3.09. The molecular formula is C16H10BrN3O4. The number of anilines is 1. The first kappa shape index (κ1) is 17.2. The smallest absolute Gasteiger partial charge is 0.312 e. The normalized spacial score (nSPS) is 10.8. The second-order valence-electron chi connectivity index (χ2n) is 4.61. The van der Waals surface area contributed by atoms with Crippen LogP contribution in [-0.2, 0) is 4.79 Å². The molecule has 2 aromatic rings. The molecule has 0 heterocycles. The third-order valence-electron chi connectivity index (χ3n) is 2.98. The van der Waals surface area contributed by atoms with E-state index in [9.17, 15) is 20.0 Å². The van der Waals surface area contributed by atoms with Crippen LogP contribution in [0.25, 0.3) is 6.08 Å². The number of para-hydroxylation sites is 1. The number of rotatable bonds is 4. The standard InChI is InChI=1S/C16H10BrN3O4/c17-12-7-10(15(21)14(8-12)20(23)24)6-11(9-18)16(22)19-13-4-2-1-3-5-13/h1-8,21H,(H,19,22). The predicted octanol–water partition coefficient (Wildman–Crippen LogP) is 3.61. The van der Waals surface area contributed by atoms with Crippen LogP contribution in [0.2, 0.25) is 0 Å². The Morgan fingerprint density at radius 1 is 1.33 bits per heavy atom. The molecule has 0 saturated carbocycles. The molecule has 0 fully saturated rings. The minimum absolute atomic E-state index is 0.0177. The van der Waals surface area contributed by atoms with Crippen molar-refractivity contribution in [1.29, 1.82) is 5.26 Å². The molecule has 2 aromatic carbocycles. The summed E-state index contributed by atoms with van der Waals surface area (Å²) in [6.45, 7) is 0. The second kappa shape index (κ2) is 7.39. The number of nitro benzene ring substituents is 1. The van der Waals surface area contributed by atoms with Crippen LogP contribution in [0.4, 0.5) is 11.4 Å². The number of nitriles is 1. The Labute approximate surface area is 145 Å². The van der Waals surface area contributed by atoms with Crippen LogP contribution in [-0.4, -0.2) is 15.9 Å². The molecule has 0 radical (unpaired) electrons. The van der Waals surface area contributed by atoms with Gasteiger partial charge in [0, 0.05) is 21.8 Å². The van der Waals surface area contributed by atoms with Crippen molar-refractivity contribution in [2.75, 3.05) is 5.32 Å². The van der Waals surface area contributed by atoms with Crippen molar-refractivity contribution in [3.05, 3.63) is 68.2 Å². The lowest BCUT2D eigenvalue weighted by molar-refractivity contribution is -0.385. The lowest BCUT2D eigenvalue weighted by Gasteiger charge is -2.05. The van der Waals surface area contributed by atoms with Crippen molar-refractivity contribution in [3.8, 4) is 11.8 Å². The molecule has 24 heavy (non-hydrogen) atoms. The summed E-state index contributed by atoms with van der Waals surface area (Å²) in [5, 5.41) is 32.6. The van der Waals surface area contributed by atoms with E-state index in [1.807, 2.05) is 0 Å². The van der Waals surface area contributed by atoms with Gasteiger partial charge in [0.2, 0.25) is 5.75 Å². The van der Waals surface area contributed by atoms with Gasteiger partial charge in [0.15, 0.2) is 0 Å². The highest BCUT2D eigenvalue weighted by Crippen LogP contribution is 2.34. The minimum atomic E-state index is -0.756. The maximum absolute atomic E-state index is 12.1. The zero-order chi connectivity index (χ0) is 17.7. The molecule has 7 nitrogen and oxygen atoms in total. The van der Waals surface area contributed by atoms with Gasteiger partial charge in [-0.15, -0.1) is 0 Å². The zero-order valence-corrected chi connectivity index (χ0v) is 13.6. The van der Waals surface area contributed by atoms with Crippen LogP contribution < -0.4 is 5.32 Å². The van der Waals surface area contributed by atoms with Crippen molar-refractivity contribution in [3.63, 3.8) is 0 Å². The quantitative estimate of drug-likeness (QED) is 0.359. The average molecular weight is 388 g/mol. The largest absolute Gasteiger partial charge is 0.502 e. The summed E-state index contributed by atoms with van der Waals surface area (Å²) in [5.41, 5.74) is -0.359. The molecule has 120 valence electrons. The van der Waals surface area contributed by atoms with Gasteiger partial charge in [-0.25, -0.2) is 0 Å². The maximum atomic E-state index is 12.1. The summed E-state index contributed by atoms with van der Waals surface area (Å²) < 4.78 is 0.332. The fraction of sp³-hybridized carbons (Fsp3) is 0. The molecule has 2 rings (SSSR count).